The third kappa shape index (κ3) is 3.24. The number of methoxy groups -OCH3 is 1. The number of hydrogen-bond acceptors (Lipinski definition) is 3. The van der Waals surface area contributed by atoms with Crippen LogP contribution in [0.2, 0.25) is 5.02 Å². The van der Waals surface area contributed by atoms with Gasteiger partial charge in [-0.2, -0.15) is 5.26 Å². The summed E-state index contributed by atoms with van der Waals surface area (Å²) in [5.41, 5.74) is 2.67. The van der Waals surface area contributed by atoms with E-state index in [9.17, 15) is 0 Å². The third-order valence-corrected chi connectivity index (χ3v) is 3.17. The molecular weight excluding hydrogens is 260 g/mol. The number of aromatic nitrogens is 1. The number of pyridine rings is 1. The van der Waals surface area contributed by atoms with Crippen LogP contribution >= 0.6 is 11.6 Å². The van der Waals surface area contributed by atoms with E-state index in [1.54, 1.807) is 19.4 Å². The van der Waals surface area contributed by atoms with E-state index >= 15 is 0 Å². The van der Waals surface area contributed by atoms with Crippen LogP contribution in [0.3, 0.4) is 0 Å². The van der Waals surface area contributed by atoms with Gasteiger partial charge in [0.1, 0.15) is 0 Å². The van der Waals surface area contributed by atoms with Crippen molar-refractivity contribution in [1.82, 2.24) is 4.98 Å². The van der Waals surface area contributed by atoms with Crippen molar-refractivity contribution in [3.05, 3.63) is 58.4 Å². The van der Waals surface area contributed by atoms with E-state index in [1.807, 2.05) is 24.3 Å². The second-order valence-electron chi connectivity index (χ2n) is 4.08. The third-order valence-electron chi connectivity index (χ3n) is 2.87. The van der Waals surface area contributed by atoms with Crippen LogP contribution in [-0.2, 0) is 12.8 Å². The Kier molecular flexibility index (Phi) is 4.38. The van der Waals surface area contributed by atoms with Gasteiger partial charge in [-0.1, -0.05) is 23.7 Å². The summed E-state index contributed by atoms with van der Waals surface area (Å²) in [5, 5.41) is 9.32. The van der Waals surface area contributed by atoms with Crippen molar-refractivity contribution in [1.29, 1.82) is 5.26 Å². The first-order valence-corrected chi connectivity index (χ1v) is 6.29. The zero-order chi connectivity index (χ0) is 13.7. The van der Waals surface area contributed by atoms with Gasteiger partial charge in [0.15, 0.2) is 5.75 Å². The number of nitrogens with zero attached hydrogens (tertiary/aromatic N) is 2. The Hall–Kier alpha value is -2.05. The topological polar surface area (TPSA) is 45.9 Å². The molecule has 0 aliphatic rings. The highest BCUT2D eigenvalue weighted by atomic mass is 35.5. The molecule has 0 amide bonds. The molecule has 0 saturated carbocycles. The molecule has 0 N–H and O–H groups in total. The molecule has 0 fully saturated rings. The van der Waals surface area contributed by atoms with Gasteiger partial charge in [-0.3, -0.25) is 4.98 Å². The van der Waals surface area contributed by atoms with Gasteiger partial charge in [-0.15, -0.1) is 0 Å². The van der Waals surface area contributed by atoms with E-state index in [0.29, 0.717) is 16.3 Å². The highest BCUT2D eigenvalue weighted by Crippen LogP contribution is 2.27. The Balaban J connectivity index is 2.10. The zero-order valence-electron chi connectivity index (χ0n) is 10.6. The van der Waals surface area contributed by atoms with Crippen LogP contribution in [0.25, 0.3) is 0 Å². The van der Waals surface area contributed by atoms with Crippen LogP contribution in [0.5, 0.6) is 5.75 Å². The molecule has 0 unspecified atom stereocenters. The lowest BCUT2D eigenvalue weighted by Crippen LogP contribution is -1.99. The Morgan fingerprint density at radius 3 is 2.58 bits per heavy atom. The van der Waals surface area contributed by atoms with Gasteiger partial charge in [-0.25, -0.2) is 0 Å². The van der Waals surface area contributed by atoms with Crippen molar-refractivity contribution < 1.29 is 4.74 Å². The van der Waals surface area contributed by atoms with Crippen LogP contribution in [0, 0.1) is 11.3 Å². The van der Waals surface area contributed by atoms with E-state index in [-0.39, 0.29) is 0 Å². The lowest BCUT2D eigenvalue weighted by molar-refractivity contribution is 0.407. The number of ether oxygens (including phenoxy) is 1. The molecule has 96 valence electrons. The summed E-state index contributed by atoms with van der Waals surface area (Å²) in [4.78, 5) is 4.30. The summed E-state index contributed by atoms with van der Waals surface area (Å²) in [6, 6.07) is 11.4. The van der Waals surface area contributed by atoms with Crippen molar-refractivity contribution in [2.45, 2.75) is 12.8 Å². The largest absolute Gasteiger partial charge is 0.493 e. The van der Waals surface area contributed by atoms with Gasteiger partial charge in [-0.05, 0) is 36.6 Å². The van der Waals surface area contributed by atoms with Crippen molar-refractivity contribution >= 4 is 11.6 Å². The van der Waals surface area contributed by atoms with Gasteiger partial charge < -0.3 is 4.74 Å². The summed E-state index contributed by atoms with van der Waals surface area (Å²) in [5.74, 6) is 0.637. The van der Waals surface area contributed by atoms with Gasteiger partial charge >= 0.3 is 0 Å². The molecule has 0 atom stereocenters. The van der Waals surface area contributed by atoms with Crippen molar-refractivity contribution in [2.75, 3.05) is 7.11 Å². The molecule has 0 spiro atoms. The fourth-order valence-corrected chi connectivity index (χ4v) is 2.11. The monoisotopic (exact) mass is 272 g/mol. The predicted octanol–water partition coefficient (Wildman–Crippen LogP) is 3.40. The highest BCUT2D eigenvalue weighted by Gasteiger charge is 2.08. The minimum absolute atomic E-state index is 0.576. The average Bonchev–Trinajstić information content (AvgIpc) is 2.45. The Morgan fingerprint density at radius 2 is 1.95 bits per heavy atom. The first-order chi connectivity index (χ1) is 9.24. The van der Waals surface area contributed by atoms with Gasteiger partial charge in [0.05, 0.1) is 29.5 Å². The summed E-state index contributed by atoms with van der Waals surface area (Å²) < 4.78 is 5.26. The number of nitriles is 1. The SMILES string of the molecule is COc1c(Cl)ccnc1CCc1ccc(C#N)cc1. The summed E-state index contributed by atoms with van der Waals surface area (Å²) in [6.45, 7) is 0. The molecule has 1 heterocycles. The molecule has 3 nitrogen and oxygen atoms in total. The maximum atomic E-state index is 8.74. The van der Waals surface area contributed by atoms with Crippen molar-refractivity contribution in [3.8, 4) is 11.8 Å². The number of rotatable bonds is 4. The van der Waals surface area contributed by atoms with Crippen LogP contribution in [0.1, 0.15) is 16.8 Å². The molecule has 2 aromatic rings. The first kappa shape index (κ1) is 13.4. The van der Waals surface area contributed by atoms with E-state index < -0.39 is 0 Å². The van der Waals surface area contributed by atoms with Crippen LogP contribution in [0.15, 0.2) is 36.5 Å². The summed E-state index contributed by atoms with van der Waals surface area (Å²) >= 11 is 6.05. The normalized spacial score (nSPS) is 9.95. The fraction of sp³-hybridized carbons (Fsp3) is 0.200. The van der Waals surface area contributed by atoms with Gasteiger partial charge in [0.2, 0.25) is 0 Å². The molecular formula is C15H13ClN2O. The molecule has 1 aromatic heterocycles. The number of halogens is 1. The van der Waals surface area contributed by atoms with E-state index in [1.165, 1.54) is 0 Å². The van der Waals surface area contributed by atoms with Crippen LogP contribution < -0.4 is 4.74 Å². The number of benzene rings is 1. The molecule has 2 rings (SSSR count). The maximum absolute atomic E-state index is 8.74. The van der Waals surface area contributed by atoms with E-state index in [2.05, 4.69) is 11.1 Å². The molecule has 4 heteroatoms. The molecule has 0 saturated heterocycles. The summed E-state index contributed by atoms with van der Waals surface area (Å²) in [6.07, 6.45) is 3.25. The van der Waals surface area contributed by atoms with Crippen molar-refractivity contribution in [2.24, 2.45) is 0 Å². The maximum Gasteiger partial charge on any atom is 0.158 e. The van der Waals surface area contributed by atoms with E-state index in [4.69, 9.17) is 21.6 Å². The quantitative estimate of drug-likeness (QED) is 0.857. The number of aryl methyl sites for hydroxylation is 2. The van der Waals surface area contributed by atoms with Crippen LogP contribution in [0.4, 0.5) is 0 Å². The smallest absolute Gasteiger partial charge is 0.158 e. The second kappa shape index (κ2) is 6.21. The predicted molar refractivity (Wildman–Crippen MR) is 74.4 cm³/mol. The zero-order valence-corrected chi connectivity index (χ0v) is 11.3. The molecule has 1 aromatic carbocycles. The van der Waals surface area contributed by atoms with Gasteiger partial charge in [0.25, 0.3) is 0 Å². The van der Waals surface area contributed by atoms with E-state index in [0.717, 1.165) is 24.1 Å². The fourth-order valence-electron chi connectivity index (χ4n) is 1.87. The molecule has 19 heavy (non-hydrogen) atoms. The molecule has 0 aliphatic heterocycles. The highest BCUT2D eigenvalue weighted by molar-refractivity contribution is 6.32. The molecule has 0 aliphatic carbocycles. The van der Waals surface area contributed by atoms with Crippen molar-refractivity contribution in [3.63, 3.8) is 0 Å². The number of hydrogen-bond donors (Lipinski definition) is 0. The lowest BCUT2D eigenvalue weighted by Gasteiger charge is -2.08. The Labute approximate surface area is 117 Å². The van der Waals surface area contributed by atoms with Crippen LogP contribution in [-0.4, -0.2) is 12.1 Å². The minimum Gasteiger partial charge on any atom is -0.493 e. The Morgan fingerprint density at radius 1 is 1.21 bits per heavy atom. The average molecular weight is 273 g/mol. The second-order valence-corrected chi connectivity index (χ2v) is 4.49. The molecule has 0 bridgehead atoms. The minimum atomic E-state index is 0.576. The molecule has 0 radical (unpaired) electrons. The standard InChI is InChI=1S/C15H13ClN2O/c1-19-15-13(16)8-9-18-14(15)7-6-11-2-4-12(10-17)5-3-11/h2-5,8-9H,6-7H2,1H3. The Bertz CT molecular complexity index is 603. The lowest BCUT2D eigenvalue weighted by atomic mass is 10.1. The summed E-state index contributed by atoms with van der Waals surface area (Å²) in [7, 11) is 1.59. The first-order valence-electron chi connectivity index (χ1n) is 5.91. The van der Waals surface area contributed by atoms with Gasteiger partial charge in [0, 0.05) is 6.20 Å².